The van der Waals surface area contributed by atoms with E-state index in [-0.39, 0.29) is 6.42 Å². The molecule has 6 nitrogen and oxygen atoms in total. The van der Waals surface area contributed by atoms with E-state index in [0.29, 0.717) is 6.42 Å². The fourth-order valence-electron chi connectivity index (χ4n) is 1.03. The monoisotopic (exact) mass is 234 g/mol. The molecule has 1 aliphatic heterocycles. The largest absolute Gasteiger partial charge is 0.481 e. The van der Waals surface area contributed by atoms with E-state index in [1.165, 1.54) is 0 Å². The summed E-state index contributed by atoms with van der Waals surface area (Å²) in [5.74, 6) is -3.70. The average Bonchev–Trinajstić information content (AvgIpc) is 2.08. The second kappa shape index (κ2) is 9.11. The lowest BCUT2D eigenvalue weighted by Crippen LogP contribution is -2.23. The summed E-state index contributed by atoms with van der Waals surface area (Å²) in [5.41, 5.74) is 0. The van der Waals surface area contributed by atoms with Gasteiger partial charge in [0, 0.05) is 0 Å². The van der Waals surface area contributed by atoms with E-state index in [2.05, 4.69) is 9.78 Å². The van der Waals surface area contributed by atoms with Crippen molar-refractivity contribution in [1.29, 1.82) is 0 Å². The highest BCUT2D eigenvalue weighted by atomic mass is 17.2. The van der Waals surface area contributed by atoms with Crippen molar-refractivity contribution < 1.29 is 29.6 Å². The lowest BCUT2D eigenvalue weighted by Gasteiger charge is -2.08. The van der Waals surface area contributed by atoms with Crippen molar-refractivity contribution in [3.8, 4) is 0 Å². The molecule has 0 aromatic carbocycles. The normalized spacial score (nSPS) is 13.6. The Kier molecular flexibility index (Phi) is 8.46. The molecule has 0 radical (unpaired) electrons. The maximum absolute atomic E-state index is 10.4. The first-order valence-electron chi connectivity index (χ1n) is 5.29. The van der Waals surface area contributed by atoms with Crippen LogP contribution >= 0.6 is 0 Å². The molecule has 0 bridgehead atoms. The summed E-state index contributed by atoms with van der Waals surface area (Å²) < 4.78 is 0. The van der Waals surface area contributed by atoms with Gasteiger partial charge in [-0.15, -0.1) is 0 Å². The molecule has 0 spiro atoms. The zero-order valence-electron chi connectivity index (χ0n) is 9.35. The number of carbonyl (C=O) groups is 2. The van der Waals surface area contributed by atoms with Gasteiger partial charge >= 0.3 is 11.9 Å². The van der Waals surface area contributed by atoms with Crippen LogP contribution in [0.5, 0.6) is 0 Å². The van der Waals surface area contributed by atoms with Crippen LogP contribution in [0.3, 0.4) is 0 Å². The van der Waals surface area contributed by atoms with Crippen LogP contribution in [-0.4, -0.2) is 35.4 Å². The van der Waals surface area contributed by atoms with E-state index in [9.17, 15) is 9.59 Å². The molecule has 0 aliphatic carbocycles. The highest BCUT2D eigenvalue weighted by Gasteiger charge is 2.24. The topological polar surface area (TPSA) is 93.1 Å². The zero-order valence-corrected chi connectivity index (χ0v) is 9.35. The first-order chi connectivity index (χ1) is 7.59. The van der Waals surface area contributed by atoms with Crippen molar-refractivity contribution in [3.05, 3.63) is 0 Å². The van der Waals surface area contributed by atoms with E-state index in [1.54, 1.807) is 0 Å². The fraction of sp³-hybridized carbons (Fsp3) is 0.800. The molecule has 0 atom stereocenters. The van der Waals surface area contributed by atoms with Crippen molar-refractivity contribution >= 4 is 11.9 Å². The quantitative estimate of drug-likeness (QED) is 0.409. The number of rotatable bonds is 6. The number of unbranched alkanes of at least 4 members (excludes halogenated alkanes) is 2. The van der Waals surface area contributed by atoms with Gasteiger partial charge in [0.1, 0.15) is 13.2 Å². The van der Waals surface area contributed by atoms with E-state index >= 15 is 0 Å². The number of hydrogen-bond acceptors (Lipinski definition) is 4. The van der Waals surface area contributed by atoms with Crippen molar-refractivity contribution in [1.82, 2.24) is 0 Å². The summed E-state index contributed by atoms with van der Waals surface area (Å²) >= 11 is 0. The minimum absolute atomic E-state index is 0.235. The molecule has 0 aromatic heterocycles. The molecule has 6 heteroatoms. The van der Waals surface area contributed by atoms with Crippen LogP contribution in [0.25, 0.3) is 0 Å². The van der Waals surface area contributed by atoms with Gasteiger partial charge in [0.05, 0.1) is 0 Å². The molecule has 0 saturated carbocycles. The summed E-state index contributed by atoms with van der Waals surface area (Å²) in [7, 11) is 0. The van der Waals surface area contributed by atoms with Crippen molar-refractivity contribution in [3.63, 3.8) is 0 Å². The summed E-state index contributed by atoms with van der Waals surface area (Å²) in [5, 5.41) is 16.9. The standard InChI is InChI=1S/C8H14O4.C2H4O2/c1-2-3-4-5-6(7(9)10)8(11)12;1-2-4-3-1/h6H,2-5H2,1H3,(H,9,10)(H,11,12);1-2H2. The Labute approximate surface area is 94.1 Å². The second-order valence-electron chi connectivity index (χ2n) is 3.37. The minimum atomic E-state index is -1.24. The molecule has 1 fully saturated rings. The predicted molar refractivity (Wildman–Crippen MR) is 54.8 cm³/mol. The molecule has 0 amide bonds. The van der Waals surface area contributed by atoms with Crippen LogP contribution in [0.4, 0.5) is 0 Å². The molecule has 16 heavy (non-hydrogen) atoms. The smallest absolute Gasteiger partial charge is 0.317 e. The van der Waals surface area contributed by atoms with Gasteiger partial charge in [0.2, 0.25) is 0 Å². The Balaban J connectivity index is 0.000000462. The van der Waals surface area contributed by atoms with Crippen molar-refractivity contribution in [2.24, 2.45) is 5.92 Å². The molecular weight excluding hydrogens is 216 g/mol. The third-order valence-corrected chi connectivity index (χ3v) is 2.03. The van der Waals surface area contributed by atoms with Gasteiger partial charge in [-0.25, -0.2) is 9.78 Å². The van der Waals surface area contributed by atoms with Gasteiger partial charge in [0.15, 0.2) is 5.92 Å². The third-order valence-electron chi connectivity index (χ3n) is 2.03. The summed E-state index contributed by atoms with van der Waals surface area (Å²) in [6.45, 7) is 3.54. The van der Waals surface area contributed by atoms with Gasteiger partial charge in [-0.1, -0.05) is 26.2 Å². The van der Waals surface area contributed by atoms with Crippen LogP contribution in [0.15, 0.2) is 0 Å². The minimum Gasteiger partial charge on any atom is -0.481 e. The van der Waals surface area contributed by atoms with Crippen LogP contribution in [0.1, 0.15) is 32.6 Å². The van der Waals surface area contributed by atoms with Crippen LogP contribution in [0, 0.1) is 5.92 Å². The first kappa shape index (κ1) is 14.9. The van der Waals surface area contributed by atoms with Crippen LogP contribution < -0.4 is 0 Å². The molecule has 0 unspecified atom stereocenters. The fourth-order valence-corrected chi connectivity index (χ4v) is 1.03. The average molecular weight is 234 g/mol. The Morgan fingerprint density at radius 1 is 1.12 bits per heavy atom. The molecule has 1 aliphatic rings. The predicted octanol–water partition coefficient (Wildman–Crippen LogP) is 1.30. The Bertz CT molecular complexity index is 193. The molecular formula is C10H18O6. The zero-order chi connectivity index (χ0) is 12.4. The van der Waals surface area contributed by atoms with Gasteiger partial charge < -0.3 is 10.2 Å². The van der Waals surface area contributed by atoms with E-state index in [4.69, 9.17) is 10.2 Å². The Morgan fingerprint density at radius 2 is 1.56 bits per heavy atom. The maximum atomic E-state index is 10.4. The lowest BCUT2D eigenvalue weighted by molar-refractivity contribution is -0.382. The molecule has 1 saturated heterocycles. The summed E-state index contributed by atoms with van der Waals surface area (Å²) in [6.07, 6.45) is 2.75. The van der Waals surface area contributed by atoms with Crippen LogP contribution in [0.2, 0.25) is 0 Å². The molecule has 2 N–H and O–H groups in total. The molecule has 94 valence electrons. The van der Waals surface area contributed by atoms with Crippen LogP contribution in [-0.2, 0) is 19.4 Å². The van der Waals surface area contributed by atoms with Gasteiger partial charge in [-0.3, -0.25) is 9.59 Å². The molecule has 0 aromatic rings. The third kappa shape index (κ3) is 7.19. The van der Waals surface area contributed by atoms with Crippen molar-refractivity contribution in [2.75, 3.05) is 13.2 Å². The Morgan fingerprint density at radius 3 is 1.81 bits per heavy atom. The highest BCUT2D eigenvalue weighted by Crippen LogP contribution is 2.10. The first-order valence-corrected chi connectivity index (χ1v) is 5.29. The summed E-state index contributed by atoms with van der Waals surface area (Å²) in [4.78, 5) is 29.2. The number of hydrogen-bond donors (Lipinski definition) is 2. The summed E-state index contributed by atoms with van der Waals surface area (Å²) in [6, 6.07) is 0. The Hall–Kier alpha value is -1.14. The molecule has 1 rings (SSSR count). The maximum Gasteiger partial charge on any atom is 0.317 e. The van der Waals surface area contributed by atoms with Gasteiger partial charge in [-0.05, 0) is 6.42 Å². The van der Waals surface area contributed by atoms with Gasteiger partial charge in [0.25, 0.3) is 0 Å². The second-order valence-corrected chi connectivity index (χ2v) is 3.37. The SMILES string of the molecule is C1COO1.CCCCCC(C(=O)O)C(=O)O. The number of carboxylic acids is 2. The number of aliphatic carboxylic acids is 2. The van der Waals surface area contributed by atoms with E-state index in [1.807, 2.05) is 6.92 Å². The highest BCUT2D eigenvalue weighted by molar-refractivity contribution is 5.92. The van der Waals surface area contributed by atoms with E-state index in [0.717, 1.165) is 26.1 Å². The number of carboxylic acid groups (broad SMARTS) is 2. The van der Waals surface area contributed by atoms with E-state index < -0.39 is 17.9 Å². The van der Waals surface area contributed by atoms with Gasteiger partial charge in [-0.2, -0.15) is 0 Å². The lowest BCUT2D eigenvalue weighted by atomic mass is 10.0. The molecule has 1 heterocycles. The van der Waals surface area contributed by atoms with Crippen molar-refractivity contribution in [2.45, 2.75) is 32.6 Å².